The van der Waals surface area contributed by atoms with Crippen molar-refractivity contribution in [2.24, 2.45) is 12.9 Å². The summed E-state index contributed by atoms with van der Waals surface area (Å²) in [6.07, 6.45) is 2.34. The van der Waals surface area contributed by atoms with Gasteiger partial charge in [0.25, 0.3) is 0 Å². The molecule has 0 bridgehead atoms. The Bertz CT molecular complexity index is 327. The van der Waals surface area contributed by atoms with Gasteiger partial charge in [-0.15, -0.1) is 10.2 Å². The van der Waals surface area contributed by atoms with Crippen LogP contribution in [-0.4, -0.2) is 39.0 Å². The van der Waals surface area contributed by atoms with E-state index in [0.717, 1.165) is 12.8 Å². The van der Waals surface area contributed by atoms with Crippen LogP contribution in [0.5, 0.6) is 0 Å². The smallest absolute Gasteiger partial charge is 0.176 e. The van der Waals surface area contributed by atoms with Crippen molar-refractivity contribution in [2.75, 3.05) is 7.11 Å². The first kappa shape index (κ1) is 14.0. The summed E-state index contributed by atoms with van der Waals surface area (Å²) in [5, 5.41) is 11.9. The van der Waals surface area contributed by atoms with Gasteiger partial charge in [0.05, 0.1) is 18.7 Å². The van der Waals surface area contributed by atoms with Crippen LogP contribution in [0, 0.1) is 0 Å². The summed E-state index contributed by atoms with van der Waals surface area (Å²) < 4.78 is 5.64. The first-order valence-corrected chi connectivity index (χ1v) is 5.86. The molecule has 0 fully saturated rings. The standard InChI is InChI=1S/C10H22N6O/c1-5-10(6-2,17-4)8(12-11)7-9-13-15-16(3)14-9/h8,12H,5-7,11H2,1-4H3. The Balaban J connectivity index is 2.82. The number of aryl methyl sites for hydroxylation is 1. The molecular formula is C10H22N6O. The molecule has 0 aliphatic rings. The van der Waals surface area contributed by atoms with E-state index in [4.69, 9.17) is 10.6 Å². The van der Waals surface area contributed by atoms with Gasteiger partial charge >= 0.3 is 0 Å². The van der Waals surface area contributed by atoms with Crippen molar-refractivity contribution in [3.63, 3.8) is 0 Å². The van der Waals surface area contributed by atoms with Gasteiger partial charge in [-0.05, 0) is 18.1 Å². The Kier molecular flexibility index (Phi) is 4.98. The number of nitrogens with two attached hydrogens (primary N) is 1. The molecule has 7 heteroatoms. The molecular weight excluding hydrogens is 220 g/mol. The molecule has 1 aromatic rings. The fourth-order valence-corrected chi connectivity index (χ4v) is 2.16. The van der Waals surface area contributed by atoms with Crippen LogP contribution >= 0.6 is 0 Å². The first-order chi connectivity index (χ1) is 8.11. The van der Waals surface area contributed by atoms with E-state index in [9.17, 15) is 0 Å². The molecule has 1 atom stereocenters. The highest BCUT2D eigenvalue weighted by molar-refractivity contribution is 4.96. The molecule has 98 valence electrons. The van der Waals surface area contributed by atoms with Crippen LogP contribution in [-0.2, 0) is 18.2 Å². The lowest BCUT2D eigenvalue weighted by Crippen LogP contribution is -2.55. The number of nitrogens with one attached hydrogen (secondary N) is 1. The molecule has 17 heavy (non-hydrogen) atoms. The number of nitrogens with zero attached hydrogens (tertiary/aromatic N) is 4. The van der Waals surface area contributed by atoms with Gasteiger partial charge in [-0.3, -0.25) is 11.3 Å². The minimum absolute atomic E-state index is 0.0355. The number of hydrazine groups is 1. The van der Waals surface area contributed by atoms with Crippen molar-refractivity contribution in [1.29, 1.82) is 0 Å². The topological polar surface area (TPSA) is 90.9 Å². The molecule has 0 amide bonds. The third-order valence-corrected chi connectivity index (χ3v) is 3.38. The molecule has 0 radical (unpaired) electrons. The molecule has 0 spiro atoms. The maximum absolute atomic E-state index is 5.64. The molecule has 1 unspecified atom stereocenters. The zero-order valence-electron chi connectivity index (χ0n) is 11.0. The van der Waals surface area contributed by atoms with E-state index in [0.29, 0.717) is 12.2 Å². The maximum Gasteiger partial charge on any atom is 0.176 e. The molecule has 0 aromatic carbocycles. The Morgan fingerprint density at radius 1 is 1.47 bits per heavy atom. The van der Waals surface area contributed by atoms with Crippen LogP contribution in [0.2, 0.25) is 0 Å². The van der Waals surface area contributed by atoms with Crippen LogP contribution in [0.1, 0.15) is 32.5 Å². The minimum Gasteiger partial charge on any atom is -0.377 e. The number of hydrogen-bond donors (Lipinski definition) is 2. The van der Waals surface area contributed by atoms with Gasteiger partial charge in [-0.25, -0.2) is 0 Å². The monoisotopic (exact) mass is 242 g/mol. The normalized spacial score (nSPS) is 13.9. The molecule has 0 aliphatic carbocycles. The van der Waals surface area contributed by atoms with Crippen LogP contribution in [0.3, 0.4) is 0 Å². The van der Waals surface area contributed by atoms with Crippen LogP contribution in [0.25, 0.3) is 0 Å². The fraction of sp³-hybridized carbons (Fsp3) is 0.900. The number of ether oxygens (including phenoxy) is 1. The number of aromatic nitrogens is 4. The van der Waals surface area contributed by atoms with Crippen molar-refractivity contribution in [1.82, 2.24) is 25.6 Å². The average molecular weight is 242 g/mol. The zero-order chi connectivity index (χ0) is 12.9. The molecule has 1 heterocycles. The maximum atomic E-state index is 5.64. The van der Waals surface area contributed by atoms with Gasteiger partial charge in [0.1, 0.15) is 0 Å². The summed E-state index contributed by atoms with van der Waals surface area (Å²) in [6.45, 7) is 4.17. The number of methoxy groups -OCH3 is 1. The van der Waals surface area contributed by atoms with Crippen molar-refractivity contribution in [3.8, 4) is 0 Å². The highest BCUT2D eigenvalue weighted by Crippen LogP contribution is 2.25. The van der Waals surface area contributed by atoms with Crippen molar-refractivity contribution in [2.45, 2.75) is 44.8 Å². The summed E-state index contributed by atoms with van der Waals surface area (Å²) in [5.41, 5.74) is 2.51. The predicted molar refractivity (Wildman–Crippen MR) is 63.9 cm³/mol. The Morgan fingerprint density at radius 3 is 2.47 bits per heavy atom. The van der Waals surface area contributed by atoms with Crippen LogP contribution in [0.15, 0.2) is 0 Å². The predicted octanol–water partition coefficient (Wildman–Crippen LogP) is -0.210. The van der Waals surface area contributed by atoms with Crippen molar-refractivity contribution in [3.05, 3.63) is 5.82 Å². The van der Waals surface area contributed by atoms with Gasteiger partial charge in [0, 0.05) is 13.5 Å². The van der Waals surface area contributed by atoms with E-state index in [1.165, 1.54) is 4.80 Å². The summed E-state index contributed by atoms with van der Waals surface area (Å²) in [4.78, 5) is 1.44. The largest absolute Gasteiger partial charge is 0.377 e. The highest BCUT2D eigenvalue weighted by atomic mass is 16.5. The van der Waals surface area contributed by atoms with E-state index >= 15 is 0 Å². The van der Waals surface area contributed by atoms with Gasteiger partial charge in [-0.2, -0.15) is 4.80 Å². The first-order valence-electron chi connectivity index (χ1n) is 5.86. The Hall–Kier alpha value is -1.05. The summed E-state index contributed by atoms with van der Waals surface area (Å²) in [7, 11) is 3.45. The molecule has 7 nitrogen and oxygen atoms in total. The number of tetrazole rings is 1. The van der Waals surface area contributed by atoms with Gasteiger partial charge in [0.15, 0.2) is 5.82 Å². The Labute approximate surface area is 102 Å². The second kappa shape index (κ2) is 6.04. The quantitative estimate of drug-likeness (QED) is 0.508. The minimum atomic E-state index is -0.298. The third kappa shape index (κ3) is 2.99. The van der Waals surface area contributed by atoms with Gasteiger partial charge in [0.2, 0.25) is 0 Å². The summed E-state index contributed by atoms with van der Waals surface area (Å²) in [6, 6.07) is -0.0355. The van der Waals surface area contributed by atoms with E-state index in [-0.39, 0.29) is 11.6 Å². The van der Waals surface area contributed by atoms with Crippen molar-refractivity contribution < 1.29 is 4.74 Å². The molecule has 1 aromatic heterocycles. The number of hydrogen-bond acceptors (Lipinski definition) is 6. The van der Waals surface area contributed by atoms with E-state index in [2.05, 4.69) is 34.7 Å². The third-order valence-electron chi connectivity index (χ3n) is 3.38. The average Bonchev–Trinajstić information content (AvgIpc) is 2.76. The molecule has 1 rings (SSSR count). The lowest BCUT2D eigenvalue weighted by atomic mass is 9.86. The SMILES string of the molecule is CCC(CC)(OC)C(Cc1nnn(C)n1)NN. The highest BCUT2D eigenvalue weighted by Gasteiger charge is 2.36. The van der Waals surface area contributed by atoms with Gasteiger partial charge in [-0.1, -0.05) is 13.8 Å². The van der Waals surface area contributed by atoms with E-state index < -0.39 is 0 Å². The molecule has 0 aliphatic heterocycles. The molecule has 3 N–H and O–H groups in total. The fourth-order valence-electron chi connectivity index (χ4n) is 2.16. The summed E-state index contributed by atoms with van der Waals surface area (Å²) in [5.74, 6) is 6.29. The molecule has 0 saturated heterocycles. The number of rotatable bonds is 7. The van der Waals surface area contributed by atoms with Crippen LogP contribution < -0.4 is 11.3 Å². The van der Waals surface area contributed by atoms with Crippen LogP contribution in [0.4, 0.5) is 0 Å². The lowest BCUT2D eigenvalue weighted by molar-refractivity contribution is -0.0477. The van der Waals surface area contributed by atoms with E-state index in [1.54, 1.807) is 14.2 Å². The van der Waals surface area contributed by atoms with E-state index in [1.807, 2.05) is 0 Å². The van der Waals surface area contributed by atoms with Gasteiger partial charge < -0.3 is 4.74 Å². The molecule has 0 saturated carbocycles. The Morgan fingerprint density at radius 2 is 2.12 bits per heavy atom. The zero-order valence-corrected chi connectivity index (χ0v) is 11.0. The summed E-state index contributed by atoms with van der Waals surface area (Å²) >= 11 is 0. The van der Waals surface area contributed by atoms with Crippen molar-refractivity contribution >= 4 is 0 Å². The second-order valence-electron chi connectivity index (χ2n) is 4.09. The lowest BCUT2D eigenvalue weighted by Gasteiger charge is -2.37. The second-order valence-corrected chi connectivity index (χ2v) is 4.09.